The van der Waals surface area contributed by atoms with Crippen LogP contribution in [0, 0.1) is 0 Å². The first-order valence-corrected chi connectivity index (χ1v) is 9.95. The summed E-state index contributed by atoms with van der Waals surface area (Å²) >= 11 is 0. The third kappa shape index (κ3) is 7.19. The molecule has 0 fully saturated rings. The smallest absolute Gasteiger partial charge is 0.303 e. The van der Waals surface area contributed by atoms with Crippen molar-refractivity contribution in [3.8, 4) is 11.5 Å². The van der Waals surface area contributed by atoms with Gasteiger partial charge in [0.25, 0.3) is 0 Å². The largest absolute Gasteiger partial charge is 0.489 e. The van der Waals surface area contributed by atoms with Crippen molar-refractivity contribution in [1.29, 1.82) is 0 Å². The van der Waals surface area contributed by atoms with Crippen LogP contribution in [0.25, 0.3) is 0 Å². The summed E-state index contributed by atoms with van der Waals surface area (Å²) in [4.78, 5) is 15.6. The minimum Gasteiger partial charge on any atom is -0.489 e. The van der Waals surface area contributed by atoms with E-state index >= 15 is 0 Å². The number of aliphatic carboxylic acids is 1. The Morgan fingerprint density at radius 1 is 0.839 bits per heavy atom. The lowest BCUT2D eigenvalue weighted by Gasteiger charge is -2.10. The van der Waals surface area contributed by atoms with Crippen LogP contribution in [0.3, 0.4) is 0 Å². The van der Waals surface area contributed by atoms with E-state index in [1.807, 2.05) is 78.9 Å². The molecule has 3 aromatic rings. The predicted molar refractivity (Wildman–Crippen MR) is 119 cm³/mol. The van der Waals surface area contributed by atoms with Gasteiger partial charge in [-0.15, -0.1) is 0 Å². The summed E-state index contributed by atoms with van der Waals surface area (Å²) in [5.74, 6) is 0.670. The first-order chi connectivity index (χ1) is 15.1. The Hall–Kier alpha value is -3.80. The normalized spacial score (nSPS) is 11.1. The molecule has 3 rings (SSSR count). The monoisotopic (exact) mass is 419 g/mol. The molecule has 6 heteroatoms. The van der Waals surface area contributed by atoms with Gasteiger partial charge in [-0.2, -0.15) is 0 Å². The lowest BCUT2D eigenvalue weighted by molar-refractivity contribution is -0.136. The molecule has 6 nitrogen and oxygen atoms in total. The summed E-state index contributed by atoms with van der Waals surface area (Å²) in [5, 5.41) is 12.8. The van der Waals surface area contributed by atoms with Crippen molar-refractivity contribution in [2.75, 3.05) is 13.7 Å². The molecule has 0 amide bonds. The van der Waals surface area contributed by atoms with E-state index in [0.717, 1.165) is 28.2 Å². The Balaban J connectivity index is 1.50. The average molecular weight is 419 g/mol. The standard InChI is InChI=1S/C25H25NO5/c1-29-26-24(21-5-3-2-4-6-21)18-31-23-14-9-20(10-15-23)17-30-22-12-7-19(8-13-22)11-16-25(27)28/h2-10,12-15H,11,16-18H2,1H3,(H,27,28)/b26-24+. The van der Waals surface area contributed by atoms with Crippen LogP contribution in [0.4, 0.5) is 0 Å². The Morgan fingerprint density at radius 2 is 1.45 bits per heavy atom. The van der Waals surface area contributed by atoms with E-state index in [9.17, 15) is 4.79 Å². The van der Waals surface area contributed by atoms with Crippen LogP contribution in [0.2, 0.25) is 0 Å². The number of oxime groups is 1. The average Bonchev–Trinajstić information content (AvgIpc) is 2.81. The minimum absolute atomic E-state index is 0.124. The molecule has 0 aliphatic rings. The van der Waals surface area contributed by atoms with Gasteiger partial charge in [-0.1, -0.05) is 59.8 Å². The van der Waals surface area contributed by atoms with Crippen molar-refractivity contribution in [2.24, 2.45) is 5.16 Å². The first kappa shape index (κ1) is 21.9. The van der Waals surface area contributed by atoms with Gasteiger partial charge < -0.3 is 19.4 Å². The van der Waals surface area contributed by atoms with Crippen LogP contribution in [0.15, 0.2) is 84.0 Å². The molecule has 160 valence electrons. The Labute approximate surface area is 181 Å². The molecule has 31 heavy (non-hydrogen) atoms. The van der Waals surface area contributed by atoms with E-state index in [2.05, 4.69) is 5.16 Å². The van der Waals surface area contributed by atoms with Crippen LogP contribution in [0.1, 0.15) is 23.1 Å². The third-order valence-corrected chi connectivity index (χ3v) is 4.56. The molecule has 0 bridgehead atoms. The number of aryl methyl sites for hydroxylation is 1. The van der Waals surface area contributed by atoms with Gasteiger partial charge in [0.15, 0.2) is 0 Å². The molecular formula is C25H25NO5. The van der Waals surface area contributed by atoms with Crippen LogP contribution in [-0.4, -0.2) is 30.5 Å². The molecule has 0 aliphatic carbocycles. The number of hydrogen-bond acceptors (Lipinski definition) is 5. The van der Waals surface area contributed by atoms with Gasteiger partial charge in [0.2, 0.25) is 0 Å². The van der Waals surface area contributed by atoms with E-state index in [1.54, 1.807) is 0 Å². The van der Waals surface area contributed by atoms with Gasteiger partial charge in [0.1, 0.15) is 37.5 Å². The van der Waals surface area contributed by atoms with Crippen molar-refractivity contribution in [3.05, 3.63) is 95.6 Å². The summed E-state index contributed by atoms with van der Waals surface area (Å²) in [6.45, 7) is 0.719. The summed E-state index contributed by atoms with van der Waals surface area (Å²) in [5.41, 5.74) is 3.64. The molecule has 0 saturated heterocycles. The zero-order valence-electron chi connectivity index (χ0n) is 17.4. The second-order valence-electron chi connectivity index (χ2n) is 6.85. The fourth-order valence-corrected chi connectivity index (χ4v) is 2.91. The Morgan fingerprint density at radius 3 is 2.06 bits per heavy atom. The highest BCUT2D eigenvalue weighted by Crippen LogP contribution is 2.17. The van der Waals surface area contributed by atoms with Crippen LogP contribution in [0.5, 0.6) is 11.5 Å². The maximum Gasteiger partial charge on any atom is 0.303 e. The lowest BCUT2D eigenvalue weighted by atomic mass is 10.1. The number of carboxylic acid groups (broad SMARTS) is 1. The van der Waals surface area contributed by atoms with Gasteiger partial charge in [-0.05, 0) is 41.8 Å². The summed E-state index contributed by atoms with van der Waals surface area (Å²) in [6, 6.07) is 24.9. The van der Waals surface area contributed by atoms with Gasteiger partial charge >= 0.3 is 5.97 Å². The number of carbonyl (C=O) groups is 1. The molecule has 3 aromatic carbocycles. The molecule has 0 spiro atoms. The molecule has 0 saturated carbocycles. The maximum atomic E-state index is 10.6. The molecule has 0 radical (unpaired) electrons. The molecule has 0 aromatic heterocycles. The lowest BCUT2D eigenvalue weighted by Crippen LogP contribution is -2.13. The quantitative estimate of drug-likeness (QED) is 0.360. The van der Waals surface area contributed by atoms with Crippen LogP contribution >= 0.6 is 0 Å². The number of rotatable bonds is 11. The maximum absolute atomic E-state index is 10.6. The topological polar surface area (TPSA) is 77.3 Å². The van der Waals surface area contributed by atoms with E-state index in [-0.39, 0.29) is 6.42 Å². The Bertz CT molecular complexity index is 983. The highest BCUT2D eigenvalue weighted by atomic mass is 16.6. The summed E-state index contributed by atoms with van der Waals surface area (Å²) in [7, 11) is 1.52. The number of hydrogen-bond donors (Lipinski definition) is 1. The number of ether oxygens (including phenoxy) is 2. The van der Waals surface area contributed by atoms with Crippen molar-refractivity contribution in [1.82, 2.24) is 0 Å². The van der Waals surface area contributed by atoms with Crippen molar-refractivity contribution < 1.29 is 24.2 Å². The molecule has 0 atom stereocenters. The zero-order chi connectivity index (χ0) is 21.9. The minimum atomic E-state index is -0.796. The van der Waals surface area contributed by atoms with Crippen molar-refractivity contribution >= 4 is 11.7 Å². The number of carboxylic acids is 1. The Kier molecular flexibility index (Phi) is 8.05. The fraction of sp³-hybridized carbons (Fsp3) is 0.200. The highest BCUT2D eigenvalue weighted by molar-refractivity contribution is 6.01. The molecule has 0 heterocycles. The highest BCUT2D eigenvalue weighted by Gasteiger charge is 2.06. The number of benzene rings is 3. The van der Waals surface area contributed by atoms with E-state index in [0.29, 0.717) is 25.3 Å². The SMILES string of the molecule is CO/N=C(\COc1ccc(COc2ccc(CCC(=O)O)cc2)cc1)c1ccccc1. The van der Waals surface area contributed by atoms with Gasteiger partial charge in [-0.3, -0.25) is 4.79 Å². The predicted octanol–water partition coefficient (Wildman–Crippen LogP) is 4.71. The van der Waals surface area contributed by atoms with E-state index in [1.165, 1.54) is 7.11 Å². The first-order valence-electron chi connectivity index (χ1n) is 9.95. The van der Waals surface area contributed by atoms with Gasteiger partial charge in [-0.25, -0.2) is 0 Å². The van der Waals surface area contributed by atoms with Gasteiger partial charge in [0, 0.05) is 12.0 Å². The zero-order valence-corrected chi connectivity index (χ0v) is 17.4. The van der Waals surface area contributed by atoms with Crippen LogP contribution in [-0.2, 0) is 22.7 Å². The molecule has 0 aliphatic heterocycles. The second-order valence-corrected chi connectivity index (χ2v) is 6.85. The van der Waals surface area contributed by atoms with Gasteiger partial charge in [0.05, 0.1) is 0 Å². The fourth-order valence-electron chi connectivity index (χ4n) is 2.91. The van der Waals surface area contributed by atoms with Crippen molar-refractivity contribution in [2.45, 2.75) is 19.4 Å². The summed E-state index contributed by atoms with van der Waals surface area (Å²) < 4.78 is 11.7. The van der Waals surface area contributed by atoms with Crippen LogP contribution < -0.4 is 9.47 Å². The molecular weight excluding hydrogens is 394 g/mol. The molecule has 0 unspecified atom stereocenters. The van der Waals surface area contributed by atoms with E-state index < -0.39 is 5.97 Å². The second kappa shape index (κ2) is 11.4. The summed E-state index contributed by atoms with van der Waals surface area (Å²) in [6.07, 6.45) is 0.636. The van der Waals surface area contributed by atoms with E-state index in [4.69, 9.17) is 19.4 Å². The third-order valence-electron chi connectivity index (χ3n) is 4.56. The van der Waals surface area contributed by atoms with Crippen molar-refractivity contribution in [3.63, 3.8) is 0 Å². The number of nitrogens with zero attached hydrogens (tertiary/aromatic N) is 1. The molecule has 1 N–H and O–H groups in total.